The van der Waals surface area contributed by atoms with Gasteiger partial charge < -0.3 is 4.18 Å². The summed E-state index contributed by atoms with van der Waals surface area (Å²) in [5.74, 6) is 0.474. The molecule has 0 bridgehead atoms. The summed E-state index contributed by atoms with van der Waals surface area (Å²) in [6.45, 7) is 6.32. The molecular formula is C26H31NO3S2. The number of hydrogen-bond donors (Lipinski definition) is 0. The maximum atomic E-state index is 12.8. The molecule has 1 aliphatic rings. The second kappa shape index (κ2) is 10.2. The number of nitrogens with zero attached hydrogens (tertiary/aromatic N) is 1. The molecule has 1 heterocycles. The predicted octanol–water partition coefficient (Wildman–Crippen LogP) is 5.64. The second-order valence-corrected chi connectivity index (χ2v) is 11.1. The van der Waals surface area contributed by atoms with Crippen LogP contribution in [0.4, 0.5) is 0 Å². The lowest BCUT2D eigenvalue weighted by molar-refractivity contribution is 0.182. The number of benzene rings is 2. The first-order valence-electron chi connectivity index (χ1n) is 11.3. The average molecular weight is 470 g/mol. The van der Waals surface area contributed by atoms with Crippen molar-refractivity contribution in [3.05, 3.63) is 81.5 Å². The zero-order valence-corrected chi connectivity index (χ0v) is 20.4. The predicted molar refractivity (Wildman–Crippen MR) is 131 cm³/mol. The molecule has 0 unspecified atom stereocenters. The topological polar surface area (TPSA) is 46.6 Å². The van der Waals surface area contributed by atoms with Crippen molar-refractivity contribution in [1.29, 1.82) is 0 Å². The molecule has 6 heteroatoms. The van der Waals surface area contributed by atoms with Gasteiger partial charge in [-0.05, 0) is 86.3 Å². The molecule has 4 nitrogen and oxygen atoms in total. The maximum absolute atomic E-state index is 12.8. The van der Waals surface area contributed by atoms with Crippen molar-refractivity contribution in [2.24, 2.45) is 0 Å². The zero-order valence-electron chi connectivity index (χ0n) is 18.8. The molecule has 0 fully saturated rings. The maximum Gasteiger partial charge on any atom is 0.339 e. The standard InChI is InChI=1S/C26H31NO3S2/c1-3-16-27(17-15-23-7-5-18-31-23)22-11-14-25-21(19-22)6-4-8-26(25)30-32(28,29)24-12-9-20(2)10-13-24/h4-10,12-13,18,22H,3,11,14-17,19H2,1-2H3/t22-/m0/s1. The fraction of sp³-hybridized carbons (Fsp3) is 0.385. The van der Waals surface area contributed by atoms with Crippen LogP contribution in [-0.4, -0.2) is 32.4 Å². The minimum Gasteiger partial charge on any atom is -0.379 e. The van der Waals surface area contributed by atoms with Crippen molar-refractivity contribution in [1.82, 2.24) is 4.90 Å². The summed E-state index contributed by atoms with van der Waals surface area (Å²) in [7, 11) is -3.85. The molecular weight excluding hydrogens is 438 g/mol. The van der Waals surface area contributed by atoms with Crippen molar-refractivity contribution in [3.63, 3.8) is 0 Å². The van der Waals surface area contributed by atoms with E-state index in [1.807, 2.05) is 24.3 Å². The van der Waals surface area contributed by atoms with Gasteiger partial charge in [-0.2, -0.15) is 8.42 Å². The largest absolute Gasteiger partial charge is 0.379 e. The number of thiophene rings is 1. The van der Waals surface area contributed by atoms with Gasteiger partial charge in [0.2, 0.25) is 0 Å². The van der Waals surface area contributed by atoms with Crippen molar-refractivity contribution >= 4 is 21.5 Å². The Hall–Kier alpha value is -2.15. The van der Waals surface area contributed by atoms with Gasteiger partial charge >= 0.3 is 10.1 Å². The molecule has 1 aliphatic carbocycles. The molecule has 0 radical (unpaired) electrons. The molecule has 1 atom stereocenters. The molecule has 0 N–H and O–H groups in total. The van der Waals surface area contributed by atoms with Crippen molar-refractivity contribution in [2.45, 2.75) is 56.9 Å². The molecule has 0 aliphatic heterocycles. The number of fused-ring (bicyclic) bond motifs is 1. The fourth-order valence-electron chi connectivity index (χ4n) is 4.49. The lowest BCUT2D eigenvalue weighted by Crippen LogP contribution is -2.41. The van der Waals surface area contributed by atoms with Crippen LogP contribution in [0.2, 0.25) is 0 Å². The molecule has 0 amide bonds. The van der Waals surface area contributed by atoms with Gasteiger partial charge in [-0.1, -0.05) is 42.8 Å². The van der Waals surface area contributed by atoms with Gasteiger partial charge in [0, 0.05) is 17.5 Å². The summed E-state index contributed by atoms with van der Waals surface area (Å²) in [4.78, 5) is 4.23. The van der Waals surface area contributed by atoms with E-state index in [0.29, 0.717) is 11.8 Å². The van der Waals surface area contributed by atoms with Gasteiger partial charge in [-0.15, -0.1) is 11.3 Å². The van der Waals surface area contributed by atoms with Crippen LogP contribution in [-0.2, 0) is 29.4 Å². The van der Waals surface area contributed by atoms with Crippen LogP contribution in [0.3, 0.4) is 0 Å². The molecule has 0 saturated carbocycles. The summed E-state index contributed by atoms with van der Waals surface area (Å²) in [5.41, 5.74) is 3.26. The summed E-state index contributed by atoms with van der Waals surface area (Å²) < 4.78 is 31.3. The average Bonchev–Trinajstić information content (AvgIpc) is 3.30. The Morgan fingerprint density at radius 1 is 1.06 bits per heavy atom. The molecule has 0 saturated heterocycles. The third-order valence-electron chi connectivity index (χ3n) is 6.18. The Balaban J connectivity index is 1.49. The minimum atomic E-state index is -3.85. The third kappa shape index (κ3) is 5.42. The number of rotatable bonds is 9. The second-order valence-electron chi connectivity index (χ2n) is 8.51. The van der Waals surface area contributed by atoms with Crippen LogP contribution in [0.5, 0.6) is 5.75 Å². The zero-order chi connectivity index (χ0) is 22.6. The molecule has 3 aromatic rings. The molecule has 0 spiro atoms. The lowest BCUT2D eigenvalue weighted by Gasteiger charge is -2.35. The highest BCUT2D eigenvalue weighted by molar-refractivity contribution is 7.87. The van der Waals surface area contributed by atoms with Gasteiger partial charge in [0.15, 0.2) is 0 Å². The Labute approximate surface area is 196 Å². The Morgan fingerprint density at radius 3 is 2.59 bits per heavy atom. The van der Waals surface area contributed by atoms with E-state index >= 15 is 0 Å². The van der Waals surface area contributed by atoms with Gasteiger partial charge in [0.1, 0.15) is 10.6 Å². The van der Waals surface area contributed by atoms with Gasteiger partial charge in [-0.3, -0.25) is 4.90 Å². The first-order chi connectivity index (χ1) is 15.5. The van der Waals surface area contributed by atoms with E-state index in [-0.39, 0.29) is 4.90 Å². The van der Waals surface area contributed by atoms with E-state index in [2.05, 4.69) is 35.4 Å². The van der Waals surface area contributed by atoms with Crippen LogP contribution in [0.1, 0.15) is 41.3 Å². The van der Waals surface area contributed by atoms with Gasteiger partial charge in [0.25, 0.3) is 0 Å². The van der Waals surface area contributed by atoms with Gasteiger partial charge in [-0.25, -0.2) is 0 Å². The number of aryl methyl sites for hydroxylation is 1. The molecule has 32 heavy (non-hydrogen) atoms. The lowest BCUT2D eigenvalue weighted by atomic mass is 9.86. The van der Waals surface area contributed by atoms with Crippen molar-refractivity contribution in [2.75, 3.05) is 13.1 Å². The summed E-state index contributed by atoms with van der Waals surface area (Å²) >= 11 is 1.82. The first-order valence-corrected chi connectivity index (χ1v) is 13.6. The molecule has 2 aromatic carbocycles. The van der Waals surface area contributed by atoms with Crippen molar-refractivity contribution in [3.8, 4) is 5.75 Å². The first kappa shape index (κ1) is 23.0. The quantitative estimate of drug-likeness (QED) is 0.381. The summed E-state index contributed by atoms with van der Waals surface area (Å²) in [6, 6.07) is 17.4. The highest BCUT2D eigenvalue weighted by atomic mass is 32.2. The highest BCUT2D eigenvalue weighted by Crippen LogP contribution is 2.33. The van der Waals surface area contributed by atoms with E-state index in [1.54, 1.807) is 30.3 Å². The summed E-state index contributed by atoms with van der Waals surface area (Å²) in [6.07, 6.45) is 4.99. The smallest absolute Gasteiger partial charge is 0.339 e. The molecule has 4 rings (SSSR count). The molecule has 1 aromatic heterocycles. The highest BCUT2D eigenvalue weighted by Gasteiger charge is 2.27. The van der Waals surface area contributed by atoms with Crippen LogP contribution in [0.25, 0.3) is 0 Å². The van der Waals surface area contributed by atoms with E-state index in [9.17, 15) is 8.42 Å². The van der Waals surface area contributed by atoms with E-state index < -0.39 is 10.1 Å². The van der Waals surface area contributed by atoms with Crippen LogP contribution < -0.4 is 4.18 Å². The minimum absolute atomic E-state index is 0.192. The summed E-state index contributed by atoms with van der Waals surface area (Å²) in [5, 5.41) is 2.14. The SMILES string of the molecule is CCCN(CCc1cccs1)[C@H]1CCc2c(cccc2OS(=O)(=O)c2ccc(C)cc2)C1. The fourth-order valence-corrected chi connectivity index (χ4v) is 6.14. The van der Waals surface area contributed by atoms with Crippen LogP contribution in [0, 0.1) is 6.92 Å². The molecule has 170 valence electrons. The monoisotopic (exact) mass is 469 g/mol. The normalized spacial score (nSPS) is 16.2. The number of hydrogen-bond acceptors (Lipinski definition) is 5. The third-order valence-corrected chi connectivity index (χ3v) is 8.36. The van der Waals surface area contributed by atoms with E-state index in [1.165, 1.54) is 10.4 Å². The van der Waals surface area contributed by atoms with Gasteiger partial charge in [0.05, 0.1) is 0 Å². The van der Waals surface area contributed by atoms with Crippen LogP contribution in [0.15, 0.2) is 64.9 Å². The Morgan fingerprint density at radius 2 is 1.88 bits per heavy atom. The van der Waals surface area contributed by atoms with Crippen LogP contribution >= 0.6 is 11.3 Å². The Bertz CT molecular complexity index is 1120. The van der Waals surface area contributed by atoms with E-state index in [0.717, 1.165) is 56.3 Å². The Kier molecular flexibility index (Phi) is 7.33. The van der Waals surface area contributed by atoms with E-state index in [4.69, 9.17) is 4.18 Å². The van der Waals surface area contributed by atoms with Crippen molar-refractivity contribution < 1.29 is 12.6 Å².